The third-order valence-corrected chi connectivity index (χ3v) is 6.83. The summed E-state index contributed by atoms with van der Waals surface area (Å²) in [5.74, 6) is -0.972. The topological polar surface area (TPSA) is 99.6 Å². The van der Waals surface area contributed by atoms with E-state index in [-0.39, 0.29) is 24.6 Å². The molecule has 0 saturated heterocycles. The fraction of sp³-hybridized carbons (Fsp3) is 0.304. The predicted molar refractivity (Wildman–Crippen MR) is 120 cm³/mol. The molecule has 1 heterocycles. The van der Waals surface area contributed by atoms with Crippen LogP contribution in [0.15, 0.2) is 67.0 Å². The normalized spacial score (nSPS) is 12.9. The van der Waals surface area contributed by atoms with E-state index in [9.17, 15) is 18.4 Å². The minimum Gasteiger partial charge on any atom is -0.289 e. The van der Waals surface area contributed by atoms with E-state index >= 15 is 0 Å². The molecule has 0 aliphatic rings. The number of hydrogen-bond acceptors (Lipinski definition) is 5. The van der Waals surface area contributed by atoms with Crippen LogP contribution in [0.3, 0.4) is 0 Å². The molecule has 164 valence electrons. The van der Waals surface area contributed by atoms with E-state index in [0.29, 0.717) is 11.1 Å². The fourth-order valence-corrected chi connectivity index (χ4v) is 5.25. The molecule has 0 spiro atoms. The number of carbonyl (C=O) groups excluding carboxylic acids is 1. The van der Waals surface area contributed by atoms with Crippen LogP contribution in [0.4, 0.5) is 0 Å². The molecule has 1 amide bonds. The van der Waals surface area contributed by atoms with E-state index in [4.69, 9.17) is 0 Å². The van der Waals surface area contributed by atoms with Crippen LogP contribution in [0, 0.1) is 5.92 Å². The lowest BCUT2D eigenvalue weighted by molar-refractivity contribution is -0.133. The molecular weight excluding hydrogens is 414 g/mol. The minimum atomic E-state index is -3.91. The van der Waals surface area contributed by atoms with Crippen LogP contribution in [0.25, 0.3) is 10.8 Å². The molecule has 0 bridgehead atoms. The SMILES string of the molecule is CC(C)CC(C(=O)NO)N(Cc1cccnc1)S(=O)(=O)Cc1ccc2ccccc2c1. The van der Waals surface area contributed by atoms with Crippen LogP contribution in [-0.4, -0.2) is 34.9 Å². The number of hydroxylamine groups is 1. The van der Waals surface area contributed by atoms with Crippen molar-refractivity contribution in [2.24, 2.45) is 5.92 Å². The van der Waals surface area contributed by atoms with Crippen LogP contribution in [0.1, 0.15) is 31.4 Å². The predicted octanol–water partition coefficient (Wildman–Crippen LogP) is 3.49. The Morgan fingerprint density at radius 3 is 2.45 bits per heavy atom. The Hall–Kier alpha value is -2.81. The van der Waals surface area contributed by atoms with Gasteiger partial charge in [0.05, 0.1) is 5.75 Å². The number of hydrogen-bond donors (Lipinski definition) is 2. The summed E-state index contributed by atoms with van der Waals surface area (Å²) in [6.07, 6.45) is 3.44. The number of carbonyl (C=O) groups is 1. The van der Waals surface area contributed by atoms with Gasteiger partial charge in [0.2, 0.25) is 10.0 Å². The largest absolute Gasteiger partial charge is 0.289 e. The van der Waals surface area contributed by atoms with Crippen molar-refractivity contribution in [3.8, 4) is 0 Å². The molecular formula is C23H27N3O4S. The molecule has 31 heavy (non-hydrogen) atoms. The van der Waals surface area contributed by atoms with E-state index in [1.54, 1.807) is 36.1 Å². The minimum absolute atomic E-state index is 0.0193. The first kappa shape index (κ1) is 22.9. The van der Waals surface area contributed by atoms with Gasteiger partial charge in [0, 0.05) is 18.9 Å². The van der Waals surface area contributed by atoms with Crippen LogP contribution in [0.2, 0.25) is 0 Å². The first-order chi connectivity index (χ1) is 14.8. The highest BCUT2D eigenvalue weighted by Crippen LogP contribution is 2.24. The number of nitrogens with zero attached hydrogens (tertiary/aromatic N) is 2. The third kappa shape index (κ3) is 5.88. The van der Waals surface area contributed by atoms with Gasteiger partial charge in [-0.2, -0.15) is 4.31 Å². The molecule has 2 N–H and O–H groups in total. The van der Waals surface area contributed by atoms with Crippen molar-refractivity contribution < 1.29 is 18.4 Å². The highest BCUT2D eigenvalue weighted by molar-refractivity contribution is 7.88. The summed E-state index contributed by atoms with van der Waals surface area (Å²) in [5, 5.41) is 11.2. The maximum Gasteiger partial charge on any atom is 0.261 e. The molecule has 2 aromatic carbocycles. The summed E-state index contributed by atoms with van der Waals surface area (Å²) >= 11 is 0. The van der Waals surface area contributed by atoms with Gasteiger partial charge < -0.3 is 0 Å². The second kappa shape index (κ2) is 10.00. The van der Waals surface area contributed by atoms with Crippen molar-refractivity contribution in [1.29, 1.82) is 0 Å². The lowest BCUT2D eigenvalue weighted by Gasteiger charge is -2.30. The average Bonchev–Trinajstić information content (AvgIpc) is 2.75. The Morgan fingerprint density at radius 1 is 1.06 bits per heavy atom. The zero-order valence-electron chi connectivity index (χ0n) is 17.6. The van der Waals surface area contributed by atoms with E-state index in [1.165, 1.54) is 4.31 Å². The summed E-state index contributed by atoms with van der Waals surface area (Å²) in [6, 6.07) is 15.7. The maximum atomic E-state index is 13.5. The van der Waals surface area contributed by atoms with Crippen LogP contribution in [-0.2, 0) is 27.1 Å². The molecule has 0 radical (unpaired) electrons. The number of rotatable bonds is 9. The number of aromatic nitrogens is 1. The fourth-order valence-electron chi connectivity index (χ4n) is 3.57. The Labute approximate surface area is 182 Å². The molecule has 0 fully saturated rings. The third-order valence-electron chi connectivity index (χ3n) is 5.04. The van der Waals surface area contributed by atoms with Crippen molar-refractivity contribution in [1.82, 2.24) is 14.8 Å². The smallest absolute Gasteiger partial charge is 0.261 e. The van der Waals surface area contributed by atoms with Gasteiger partial charge in [0.15, 0.2) is 0 Å². The number of benzene rings is 2. The molecule has 1 atom stereocenters. The molecule has 3 rings (SSSR count). The number of amides is 1. The maximum absolute atomic E-state index is 13.5. The number of sulfonamides is 1. The summed E-state index contributed by atoms with van der Waals surface area (Å²) in [7, 11) is -3.91. The zero-order valence-corrected chi connectivity index (χ0v) is 18.4. The van der Waals surface area contributed by atoms with Gasteiger partial charge in [0.1, 0.15) is 6.04 Å². The van der Waals surface area contributed by atoms with Crippen LogP contribution >= 0.6 is 0 Å². The van der Waals surface area contributed by atoms with E-state index in [2.05, 4.69) is 4.98 Å². The van der Waals surface area contributed by atoms with Gasteiger partial charge in [-0.1, -0.05) is 62.4 Å². The second-order valence-electron chi connectivity index (χ2n) is 7.97. The van der Waals surface area contributed by atoms with Gasteiger partial charge in [-0.15, -0.1) is 0 Å². The molecule has 0 aliphatic heterocycles. The zero-order chi connectivity index (χ0) is 22.4. The lowest BCUT2D eigenvalue weighted by Crippen LogP contribution is -2.49. The molecule has 8 heteroatoms. The monoisotopic (exact) mass is 441 g/mol. The van der Waals surface area contributed by atoms with Crippen LogP contribution < -0.4 is 5.48 Å². The Kier molecular flexibility index (Phi) is 7.37. The number of nitrogens with one attached hydrogen (secondary N) is 1. The molecule has 7 nitrogen and oxygen atoms in total. The quantitative estimate of drug-likeness (QED) is 0.391. The summed E-state index contributed by atoms with van der Waals surface area (Å²) in [6.45, 7) is 3.78. The van der Waals surface area contributed by atoms with Crippen molar-refractivity contribution in [3.63, 3.8) is 0 Å². The molecule has 0 saturated carbocycles. The van der Waals surface area contributed by atoms with E-state index in [1.807, 2.05) is 50.2 Å². The highest BCUT2D eigenvalue weighted by atomic mass is 32.2. The van der Waals surface area contributed by atoms with Gasteiger partial charge >= 0.3 is 0 Å². The second-order valence-corrected chi connectivity index (χ2v) is 9.89. The first-order valence-corrected chi connectivity index (χ1v) is 11.7. The van der Waals surface area contributed by atoms with Crippen molar-refractivity contribution in [2.75, 3.05) is 0 Å². The summed E-state index contributed by atoms with van der Waals surface area (Å²) in [4.78, 5) is 16.5. The molecule has 3 aromatic rings. The molecule has 1 unspecified atom stereocenters. The van der Waals surface area contributed by atoms with Crippen LogP contribution in [0.5, 0.6) is 0 Å². The Bertz CT molecular complexity index is 1130. The van der Waals surface area contributed by atoms with Gasteiger partial charge in [-0.25, -0.2) is 13.9 Å². The van der Waals surface area contributed by atoms with Gasteiger partial charge in [-0.05, 0) is 40.3 Å². The van der Waals surface area contributed by atoms with E-state index in [0.717, 1.165) is 10.8 Å². The summed E-state index contributed by atoms with van der Waals surface area (Å²) < 4.78 is 28.2. The highest BCUT2D eigenvalue weighted by Gasteiger charge is 2.35. The standard InChI is InChI=1S/C23H27N3O4S/c1-17(2)12-22(23(27)25-28)26(15-19-6-5-11-24-14-19)31(29,30)16-18-9-10-20-7-3-4-8-21(20)13-18/h3-11,13-14,17,22,28H,12,15-16H2,1-2H3,(H,25,27). The van der Waals surface area contributed by atoms with Crippen molar-refractivity contribution in [3.05, 3.63) is 78.1 Å². The van der Waals surface area contributed by atoms with E-state index < -0.39 is 22.0 Å². The molecule has 0 aliphatic carbocycles. The van der Waals surface area contributed by atoms with Gasteiger partial charge in [-0.3, -0.25) is 15.0 Å². The van der Waals surface area contributed by atoms with Gasteiger partial charge in [0.25, 0.3) is 5.91 Å². The first-order valence-electron chi connectivity index (χ1n) is 10.1. The number of pyridine rings is 1. The average molecular weight is 442 g/mol. The summed E-state index contributed by atoms with van der Waals surface area (Å²) in [5.41, 5.74) is 2.92. The Balaban J connectivity index is 1.98. The van der Waals surface area contributed by atoms with Crippen molar-refractivity contribution in [2.45, 2.75) is 38.6 Å². The molecule has 1 aromatic heterocycles. The lowest BCUT2D eigenvalue weighted by atomic mass is 10.0. The van der Waals surface area contributed by atoms with Crippen molar-refractivity contribution >= 4 is 26.7 Å². The number of fused-ring (bicyclic) bond motifs is 1. The Morgan fingerprint density at radius 2 is 1.81 bits per heavy atom.